The molecule has 31 heavy (non-hydrogen) atoms. The van der Waals surface area contributed by atoms with Crippen LogP contribution in [0.1, 0.15) is 38.3 Å². The van der Waals surface area contributed by atoms with Gasteiger partial charge in [-0.15, -0.1) is 0 Å². The number of methoxy groups -OCH3 is 1. The summed E-state index contributed by atoms with van der Waals surface area (Å²) in [6, 6.07) is 12.0. The second kappa shape index (κ2) is 11.6. The van der Waals surface area contributed by atoms with Gasteiger partial charge in [-0.2, -0.15) is 0 Å². The summed E-state index contributed by atoms with van der Waals surface area (Å²) in [6.45, 7) is 7.59. The lowest BCUT2D eigenvalue weighted by Gasteiger charge is -2.29. The molecule has 0 spiro atoms. The number of nitrogens with one attached hydrogen (secondary N) is 1. The van der Waals surface area contributed by atoms with Gasteiger partial charge < -0.3 is 19.7 Å². The van der Waals surface area contributed by atoms with Crippen LogP contribution in [0.3, 0.4) is 0 Å². The number of ether oxygens (including phenoxy) is 2. The molecule has 0 aromatic heterocycles. The average molecular weight is 447 g/mol. The molecule has 1 N–H and O–H groups in total. The first kappa shape index (κ1) is 24.5. The van der Waals surface area contributed by atoms with Crippen molar-refractivity contribution in [1.82, 2.24) is 10.2 Å². The largest absolute Gasteiger partial charge is 0.497 e. The number of carbonyl (C=O) groups is 2. The van der Waals surface area contributed by atoms with Gasteiger partial charge in [0.1, 0.15) is 17.5 Å². The average Bonchev–Trinajstić information content (AvgIpc) is 2.77. The van der Waals surface area contributed by atoms with Crippen LogP contribution in [0.5, 0.6) is 11.5 Å². The van der Waals surface area contributed by atoms with Gasteiger partial charge in [-0.05, 0) is 68.7 Å². The van der Waals surface area contributed by atoms with Gasteiger partial charge in [0, 0.05) is 17.6 Å². The molecule has 2 rings (SSSR count). The van der Waals surface area contributed by atoms with Crippen LogP contribution >= 0.6 is 11.6 Å². The van der Waals surface area contributed by atoms with Crippen molar-refractivity contribution in [3.8, 4) is 11.5 Å². The Labute approximate surface area is 189 Å². The third-order valence-electron chi connectivity index (χ3n) is 5.15. The molecule has 2 aromatic rings. The van der Waals surface area contributed by atoms with Crippen LogP contribution in [-0.4, -0.2) is 42.5 Å². The van der Waals surface area contributed by atoms with Crippen molar-refractivity contribution in [2.45, 2.75) is 52.7 Å². The van der Waals surface area contributed by atoms with E-state index >= 15 is 0 Å². The minimum Gasteiger partial charge on any atom is -0.497 e. The number of nitrogens with zero attached hydrogens (tertiary/aromatic N) is 1. The summed E-state index contributed by atoms with van der Waals surface area (Å²) >= 11 is 6.05. The summed E-state index contributed by atoms with van der Waals surface area (Å²) in [4.78, 5) is 27.4. The Morgan fingerprint density at radius 1 is 1.13 bits per heavy atom. The van der Waals surface area contributed by atoms with Crippen LogP contribution in [0.25, 0.3) is 0 Å². The number of carbonyl (C=O) groups excluding carboxylic acids is 2. The Morgan fingerprint density at radius 3 is 2.52 bits per heavy atom. The van der Waals surface area contributed by atoms with E-state index in [1.165, 1.54) is 4.90 Å². The molecule has 0 saturated carbocycles. The maximum Gasteiger partial charge on any atom is 0.261 e. The van der Waals surface area contributed by atoms with Gasteiger partial charge in [-0.3, -0.25) is 9.59 Å². The molecule has 7 heteroatoms. The van der Waals surface area contributed by atoms with Crippen molar-refractivity contribution in [2.24, 2.45) is 0 Å². The van der Waals surface area contributed by atoms with Crippen molar-refractivity contribution in [3.63, 3.8) is 0 Å². The first-order valence-electron chi connectivity index (χ1n) is 10.4. The van der Waals surface area contributed by atoms with Gasteiger partial charge in [0.2, 0.25) is 5.91 Å². The predicted octanol–water partition coefficient (Wildman–Crippen LogP) is 4.37. The first-order valence-corrected chi connectivity index (χ1v) is 10.7. The van der Waals surface area contributed by atoms with E-state index in [9.17, 15) is 9.59 Å². The number of rotatable bonds is 10. The minimum atomic E-state index is -0.664. The zero-order chi connectivity index (χ0) is 23.0. The molecule has 0 fully saturated rings. The van der Waals surface area contributed by atoms with E-state index in [0.29, 0.717) is 16.5 Å². The Bertz CT molecular complexity index is 903. The van der Waals surface area contributed by atoms with Crippen LogP contribution in [0.15, 0.2) is 42.5 Å². The highest BCUT2D eigenvalue weighted by molar-refractivity contribution is 6.31. The van der Waals surface area contributed by atoms with Crippen molar-refractivity contribution in [2.75, 3.05) is 13.7 Å². The zero-order valence-electron chi connectivity index (χ0n) is 18.8. The Hall–Kier alpha value is -2.73. The predicted molar refractivity (Wildman–Crippen MR) is 123 cm³/mol. The molecule has 0 saturated heterocycles. The number of aryl methyl sites for hydroxylation is 1. The maximum atomic E-state index is 13.1. The quantitative estimate of drug-likeness (QED) is 0.588. The standard InChI is InChI=1S/C24H31ClN2O4/c1-6-17(3)26-24(29)18(4)27(14-19-8-7-9-20(13-19)30-5)23(28)15-31-21-10-11-22(25)16(2)12-21/h7-13,17-18H,6,14-15H2,1-5H3,(H,26,29)/t17-,18-/m1/s1. The molecule has 0 aliphatic carbocycles. The molecule has 2 amide bonds. The number of amides is 2. The van der Waals surface area contributed by atoms with Crippen LogP contribution in [0.4, 0.5) is 0 Å². The number of halogens is 1. The monoisotopic (exact) mass is 446 g/mol. The van der Waals surface area contributed by atoms with E-state index in [4.69, 9.17) is 21.1 Å². The lowest BCUT2D eigenvalue weighted by Crippen LogP contribution is -2.50. The molecule has 2 aromatic carbocycles. The fraction of sp³-hybridized carbons (Fsp3) is 0.417. The SMILES string of the molecule is CC[C@@H](C)NC(=O)[C@@H](C)N(Cc1cccc(OC)c1)C(=O)COc1ccc(Cl)c(C)c1. The highest BCUT2D eigenvalue weighted by Gasteiger charge is 2.27. The third-order valence-corrected chi connectivity index (χ3v) is 5.57. The Kier molecular flexibility index (Phi) is 9.19. The fourth-order valence-electron chi connectivity index (χ4n) is 2.95. The highest BCUT2D eigenvalue weighted by atomic mass is 35.5. The van der Waals surface area contributed by atoms with E-state index in [2.05, 4.69) is 5.32 Å². The summed E-state index contributed by atoms with van der Waals surface area (Å²) in [5.74, 6) is 0.748. The van der Waals surface area contributed by atoms with E-state index in [1.807, 2.05) is 45.0 Å². The zero-order valence-corrected chi connectivity index (χ0v) is 19.5. The Morgan fingerprint density at radius 2 is 1.87 bits per heavy atom. The van der Waals surface area contributed by atoms with E-state index in [-0.39, 0.29) is 31.0 Å². The van der Waals surface area contributed by atoms with Gasteiger partial charge in [0.05, 0.1) is 7.11 Å². The summed E-state index contributed by atoms with van der Waals surface area (Å²) in [5, 5.41) is 3.58. The topological polar surface area (TPSA) is 67.9 Å². The Balaban J connectivity index is 2.18. The first-order chi connectivity index (χ1) is 14.7. The summed E-state index contributed by atoms with van der Waals surface area (Å²) < 4.78 is 11.0. The van der Waals surface area contributed by atoms with Crippen LogP contribution < -0.4 is 14.8 Å². The lowest BCUT2D eigenvalue weighted by atomic mass is 10.1. The van der Waals surface area contributed by atoms with Crippen molar-refractivity contribution < 1.29 is 19.1 Å². The van der Waals surface area contributed by atoms with Gasteiger partial charge in [-0.25, -0.2) is 0 Å². The minimum absolute atomic E-state index is 0.0250. The molecule has 168 valence electrons. The lowest BCUT2D eigenvalue weighted by molar-refractivity contribution is -0.142. The highest BCUT2D eigenvalue weighted by Crippen LogP contribution is 2.21. The van der Waals surface area contributed by atoms with Crippen LogP contribution in [0.2, 0.25) is 5.02 Å². The van der Waals surface area contributed by atoms with E-state index in [1.54, 1.807) is 32.2 Å². The molecule has 2 atom stereocenters. The normalized spacial score (nSPS) is 12.6. The fourth-order valence-corrected chi connectivity index (χ4v) is 3.07. The molecular weight excluding hydrogens is 416 g/mol. The number of hydrogen-bond donors (Lipinski definition) is 1. The summed E-state index contributed by atoms with van der Waals surface area (Å²) in [5.41, 5.74) is 1.72. The van der Waals surface area contributed by atoms with E-state index < -0.39 is 6.04 Å². The second-order valence-electron chi connectivity index (χ2n) is 7.57. The van der Waals surface area contributed by atoms with E-state index in [0.717, 1.165) is 17.5 Å². The third kappa shape index (κ3) is 7.17. The summed E-state index contributed by atoms with van der Waals surface area (Å²) in [6.07, 6.45) is 0.807. The molecule has 0 aliphatic heterocycles. The molecule has 0 aliphatic rings. The molecule has 0 unspecified atom stereocenters. The van der Waals surface area contributed by atoms with Crippen LogP contribution in [0, 0.1) is 6.92 Å². The molecular formula is C24H31ClN2O4. The molecule has 0 bridgehead atoms. The molecule has 6 nitrogen and oxygen atoms in total. The van der Waals surface area contributed by atoms with Crippen molar-refractivity contribution in [1.29, 1.82) is 0 Å². The van der Waals surface area contributed by atoms with Gasteiger partial charge >= 0.3 is 0 Å². The van der Waals surface area contributed by atoms with Crippen LogP contribution in [-0.2, 0) is 16.1 Å². The second-order valence-corrected chi connectivity index (χ2v) is 7.97. The van der Waals surface area contributed by atoms with Gasteiger partial charge in [0.25, 0.3) is 5.91 Å². The molecule has 0 heterocycles. The number of benzene rings is 2. The maximum absolute atomic E-state index is 13.1. The smallest absolute Gasteiger partial charge is 0.261 e. The van der Waals surface area contributed by atoms with Gasteiger partial charge in [-0.1, -0.05) is 30.7 Å². The van der Waals surface area contributed by atoms with Gasteiger partial charge in [0.15, 0.2) is 6.61 Å². The van der Waals surface area contributed by atoms with Crippen molar-refractivity contribution in [3.05, 3.63) is 58.6 Å². The number of hydrogen-bond acceptors (Lipinski definition) is 4. The summed E-state index contributed by atoms with van der Waals surface area (Å²) in [7, 11) is 1.59. The molecule has 0 radical (unpaired) electrons. The van der Waals surface area contributed by atoms with Crippen molar-refractivity contribution >= 4 is 23.4 Å².